The van der Waals surface area contributed by atoms with E-state index in [-0.39, 0.29) is 29.7 Å². The van der Waals surface area contributed by atoms with E-state index in [9.17, 15) is 0 Å². The standard InChI is InChI=1S/C34H42S2.C18H8Br2S2.C8H17.4CH4.ClH.Zn/c1-3-5-7-9-11-13-15-29-19-27-21-31-25(23-33(27)35-29)17-18-26-24-34-28(22-32(26)31)20-30(36-34)16-14-12-10-8-6-4-2;19-17-7-11-3-13-9(5-15(11)21-17)1-2-10-6-16-12(4-14(10)13)8-18(20)22-16;1-3-5-7-8-6-4-2;;;;;;/h17-24H,3-16H2,1-2H3;1-8H;1,3-8H2,2H3;4*1H4;1H;/q;;-1;;;;;;+2/p-1. The number of rotatable bonds is 19. The van der Waals surface area contributed by atoms with Crippen molar-refractivity contribution in [2.45, 2.75) is 179 Å². The van der Waals surface area contributed by atoms with Gasteiger partial charge in [0, 0.05) is 28.6 Å². The van der Waals surface area contributed by atoms with E-state index in [1.807, 2.05) is 22.7 Å². The van der Waals surface area contributed by atoms with Gasteiger partial charge in [-0.1, -0.05) is 171 Å². The van der Waals surface area contributed by atoms with Gasteiger partial charge in [-0.2, -0.15) is 6.42 Å². The Morgan fingerprint density at radius 1 is 0.361 bits per heavy atom. The van der Waals surface area contributed by atoms with Gasteiger partial charge in [0.05, 0.1) is 7.57 Å². The van der Waals surface area contributed by atoms with Crippen LogP contribution in [0, 0.1) is 6.92 Å². The van der Waals surface area contributed by atoms with Crippen LogP contribution in [-0.4, -0.2) is 0 Å². The van der Waals surface area contributed by atoms with E-state index in [0.29, 0.717) is 0 Å². The number of halogens is 3. The van der Waals surface area contributed by atoms with Gasteiger partial charge >= 0.3 is 27.0 Å². The molecule has 72 heavy (non-hydrogen) atoms. The van der Waals surface area contributed by atoms with Crippen molar-refractivity contribution in [3.05, 3.63) is 121 Å². The molecule has 0 N–H and O–H groups in total. The van der Waals surface area contributed by atoms with Crippen LogP contribution in [0.5, 0.6) is 0 Å². The number of unbranched alkanes of at least 4 members (excludes halogenated alkanes) is 15. The van der Waals surface area contributed by atoms with E-state index in [1.165, 1.54) is 213 Å². The molecular weight excluding hydrogens is 1160 g/mol. The third-order valence-electron chi connectivity index (χ3n) is 13.2. The van der Waals surface area contributed by atoms with E-state index in [0.717, 1.165) is 23.7 Å². The summed E-state index contributed by atoms with van der Waals surface area (Å²) in [4.78, 5) is 3.11. The van der Waals surface area contributed by atoms with Crippen LogP contribution in [0.3, 0.4) is 0 Å². The molecule has 0 radical (unpaired) electrons. The topological polar surface area (TPSA) is 0 Å². The Balaban J connectivity index is 0.000000325. The molecule has 0 spiro atoms. The van der Waals surface area contributed by atoms with Crippen LogP contribution in [-0.2, 0) is 30.2 Å². The van der Waals surface area contributed by atoms with Gasteiger partial charge in [0.2, 0.25) is 0 Å². The van der Waals surface area contributed by atoms with Crippen LogP contribution in [0.25, 0.3) is 83.4 Å². The summed E-state index contributed by atoms with van der Waals surface area (Å²) < 4.78 is 7.93. The maximum absolute atomic E-state index is 4.76. The molecule has 4 heterocycles. The average molecular weight is 1240 g/mol. The third-order valence-corrected chi connectivity index (χ3v) is 18.7. The first-order valence-corrected chi connectivity index (χ1v) is 34.1. The van der Waals surface area contributed by atoms with Gasteiger partial charge in [-0.05, 0) is 195 Å². The molecule has 6 aromatic carbocycles. The fourth-order valence-electron chi connectivity index (χ4n) is 9.49. The summed E-state index contributed by atoms with van der Waals surface area (Å²) in [5.74, 6) is 0. The summed E-state index contributed by atoms with van der Waals surface area (Å²) in [6, 6.07) is 37.5. The number of benzene rings is 6. The molecule has 0 fully saturated rings. The number of thiophene rings is 4. The van der Waals surface area contributed by atoms with Crippen molar-refractivity contribution in [1.82, 2.24) is 0 Å². The Morgan fingerprint density at radius 2 is 0.639 bits per heavy atom. The second-order valence-electron chi connectivity index (χ2n) is 18.4. The second-order valence-corrected chi connectivity index (χ2v) is 25.7. The zero-order chi connectivity index (χ0) is 47.8. The van der Waals surface area contributed by atoms with Gasteiger partial charge < -0.3 is 6.92 Å². The van der Waals surface area contributed by atoms with Crippen LogP contribution in [0.4, 0.5) is 0 Å². The summed E-state index contributed by atoms with van der Waals surface area (Å²) in [6.45, 7) is 10.6. The number of hydrogen-bond donors (Lipinski definition) is 0. The van der Waals surface area contributed by atoms with Crippen LogP contribution < -0.4 is 0 Å². The molecule has 8 heteroatoms. The Kier molecular flexibility index (Phi) is 29.7. The predicted octanol–water partition coefficient (Wildman–Crippen LogP) is 26.6. The normalized spacial score (nSPS) is 10.9. The van der Waals surface area contributed by atoms with Gasteiger partial charge in [0.15, 0.2) is 0 Å². The van der Waals surface area contributed by atoms with Crippen molar-refractivity contribution in [3.8, 4) is 0 Å². The van der Waals surface area contributed by atoms with Crippen molar-refractivity contribution < 1.29 is 17.3 Å². The molecule has 0 aliphatic carbocycles. The first-order chi connectivity index (χ1) is 33.3. The zero-order valence-electron chi connectivity index (χ0n) is 40.6. The molecular formula is C64H83Br2ClS4Zn. The predicted molar refractivity (Wildman–Crippen MR) is 346 cm³/mol. The summed E-state index contributed by atoms with van der Waals surface area (Å²) >= 11 is 15.6. The summed E-state index contributed by atoms with van der Waals surface area (Å²) in [6.07, 6.45) is 26.9. The van der Waals surface area contributed by atoms with Gasteiger partial charge in [0.1, 0.15) is 0 Å². The van der Waals surface area contributed by atoms with Gasteiger partial charge in [0.25, 0.3) is 0 Å². The minimum atomic E-state index is 0. The van der Waals surface area contributed by atoms with E-state index in [2.05, 4.69) is 157 Å². The third kappa shape index (κ3) is 17.3. The molecule has 10 rings (SSSR count). The van der Waals surface area contributed by atoms with E-state index >= 15 is 0 Å². The van der Waals surface area contributed by atoms with Gasteiger partial charge in [-0.25, -0.2) is 0 Å². The molecule has 0 bridgehead atoms. The fraction of sp³-hybridized carbons (Fsp3) is 0.422. The van der Waals surface area contributed by atoms with Crippen LogP contribution >= 0.6 is 86.9 Å². The average Bonchev–Trinajstić information content (AvgIpc) is 4.13. The van der Waals surface area contributed by atoms with Crippen molar-refractivity contribution in [2.75, 3.05) is 0 Å². The van der Waals surface area contributed by atoms with Crippen molar-refractivity contribution in [3.63, 3.8) is 0 Å². The van der Waals surface area contributed by atoms with Crippen LogP contribution in [0.1, 0.15) is 176 Å². The summed E-state index contributed by atoms with van der Waals surface area (Å²) in [7, 11) is 4.76. The van der Waals surface area contributed by atoms with E-state index in [4.69, 9.17) is 9.69 Å². The molecule has 10 aromatic rings. The van der Waals surface area contributed by atoms with Crippen molar-refractivity contribution in [2.24, 2.45) is 0 Å². The van der Waals surface area contributed by atoms with Gasteiger partial charge in [-0.15, -0.1) is 45.3 Å². The zero-order valence-corrected chi connectivity index (χ0v) is 50.7. The van der Waals surface area contributed by atoms with Crippen molar-refractivity contribution >= 4 is 170 Å². The van der Waals surface area contributed by atoms with E-state index in [1.54, 1.807) is 32.4 Å². The first-order valence-electron chi connectivity index (χ1n) is 25.4. The molecule has 0 nitrogen and oxygen atoms in total. The maximum atomic E-state index is 4.76. The van der Waals surface area contributed by atoms with Crippen molar-refractivity contribution in [1.29, 1.82) is 0 Å². The summed E-state index contributed by atoms with van der Waals surface area (Å²) in [5, 5.41) is 16.3. The number of hydrogen-bond acceptors (Lipinski definition) is 4. The molecule has 0 saturated heterocycles. The Hall–Kier alpha value is -1.93. The molecule has 0 unspecified atom stereocenters. The van der Waals surface area contributed by atoms with Crippen LogP contribution in [0.15, 0.2) is 105 Å². The number of aryl methyl sites for hydroxylation is 2. The molecule has 386 valence electrons. The van der Waals surface area contributed by atoms with Crippen LogP contribution in [0.2, 0.25) is 0 Å². The quantitative estimate of drug-likeness (QED) is 0.0328. The van der Waals surface area contributed by atoms with Gasteiger partial charge in [-0.3, -0.25) is 0 Å². The first kappa shape index (κ1) is 64.4. The number of fused-ring (bicyclic) bond motifs is 10. The molecule has 0 aliphatic heterocycles. The molecule has 0 amide bonds. The summed E-state index contributed by atoms with van der Waals surface area (Å²) in [5.41, 5.74) is 0. The Bertz CT molecular complexity index is 2950. The monoisotopic (exact) mass is 1240 g/mol. The fourth-order valence-corrected chi connectivity index (χ4v) is 14.9. The van der Waals surface area contributed by atoms with E-state index < -0.39 is 0 Å². The molecule has 0 atom stereocenters. The Labute approximate surface area is 483 Å². The molecule has 4 aromatic heterocycles. The SMILES string of the molecule is Brc1cc2cc3c(ccc4cc5sc(Br)cc5cc43)cc2s1.C.C.C.C.CCCCCCCCc1cc2cc3c(ccc4cc5sc(CCCCCCCC)cc5cc43)cc2s1.[CH2-]CCCCCCC.[Cl][Zn+]. The second kappa shape index (κ2) is 33.3. The minimum absolute atomic E-state index is 0. The molecule has 0 aliphatic rings. The molecule has 0 saturated carbocycles. The Morgan fingerprint density at radius 3 is 0.958 bits per heavy atom.